The summed E-state index contributed by atoms with van der Waals surface area (Å²) in [5.74, 6) is 0.683. The highest BCUT2D eigenvalue weighted by molar-refractivity contribution is 9.10. The van der Waals surface area contributed by atoms with Crippen LogP contribution in [0.3, 0.4) is 0 Å². The molecule has 2 aromatic heterocycles. The second-order valence-corrected chi connectivity index (χ2v) is 5.55. The van der Waals surface area contributed by atoms with Crippen molar-refractivity contribution in [1.82, 2.24) is 10.3 Å². The minimum Gasteiger partial charge on any atom is -0.443 e. The molecule has 0 aliphatic heterocycles. The van der Waals surface area contributed by atoms with Gasteiger partial charge in [-0.1, -0.05) is 13.8 Å². The predicted molar refractivity (Wildman–Crippen MR) is 69.5 cm³/mol. The van der Waals surface area contributed by atoms with Crippen molar-refractivity contribution in [1.29, 1.82) is 0 Å². The summed E-state index contributed by atoms with van der Waals surface area (Å²) in [6, 6.07) is 2.45. The third kappa shape index (κ3) is 2.72. The van der Waals surface area contributed by atoms with E-state index in [1.54, 1.807) is 17.6 Å². The van der Waals surface area contributed by atoms with Crippen molar-refractivity contribution in [2.24, 2.45) is 0 Å². The fraction of sp³-hybridized carbons (Fsp3) is 0.364. The lowest BCUT2D eigenvalue weighted by Crippen LogP contribution is -2.21. The lowest BCUT2D eigenvalue weighted by atomic mass is 10.3. The van der Waals surface area contributed by atoms with E-state index in [4.69, 9.17) is 4.42 Å². The molecule has 2 rings (SSSR count). The van der Waals surface area contributed by atoms with E-state index >= 15 is 0 Å². The van der Waals surface area contributed by atoms with E-state index in [1.807, 2.05) is 11.4 Å². The summed E-state index contributed by atoms with van der Waals surface area (Å²) in [5.41, 5.74) is 0.934. The normalized spacial score (nSPS) is 11.2. The molecule has 0 radical (unpaired) electrons. The number of aromatic nitrogens is 1. The molecule has 3 nitrogen and oxygen atoms in total. The molecular formula is C11H13BrN2OS. The zero-order chi connectivity index (χ0) is 11.5. The Morgan fingerprint density at radius 3 is 3.00 bits per heavy atom. The van der Waals surface area contributed by atoms with Crippen molar-refractivity contribution < 1.29 is 4.42 Å². The van der Waals surface area contributed by atoms with Crippen molar-refractivity contribution in [2.75, 3.05) is 0 Å². The van der Waals surface area contributed by atoms with Crippen LogP contribution in [0.5, 0.6) is 0 Å². The molecule has 0 saturated carbocycles. The Labute approximate surface area is 107 Å². The van der Waals surface area contributed by atoms with Crippen LogP contribution in [0.1, 0.15) is 19.5 Å². The third-order valence-corrected chi connectivity index (χ3v) is 3.88. The summed E-state index contributed by atoms with van der Waals surface area (Å²) in [6.07, 6.45) is 1.71. The first kappa shape index (κ1) is 11.8. The van der Waals surface area contributed by atoms with E-state index in [0.29, 0.717) is 11.9 Å². The standard InChI is InChI=1S/C11H13BrN2OS/c1-7(2)13-5-8-6-15-11(14-8)10-9(12)3-4-16-10/h3-4,6-7,13H,5H2,1-2H3. The Balaban J connectivity index is 2.11. The van der Waals surface area contributed by atoms with Gasteiger partial charge in [-0.3, -0.25) is 0 Å². The van der Waals surface area contributed by atoms with E-state index < -0.39 is 0 Å². The molecule has 0 aliphatic rings. The van der Waals surface area contributed by atoms with Gasteiger partial charge in [0.15, 0.2) is 0 Å². The van der Waals surface area contributed by atoms with Gasteiger partial charge in [-0.05, 0) is 27.4 Å². The number of nitrogens with zero attached hydrogens (tertiary/aromatic N) is 1. The second kappa shape index (κ2) is 5.12. The lowest BCUT2D eigenvalue weighted by molar-refractivity contribution is 0.560. The van der Waals surface area contributed by atoms with E-state index in [0.717, 1.165) is 21.6 Å². The van der Waals surface area contributed by atoms with E-state index in [-0.39, 0.29) is 0 Å². The number of oxazole rings is 1. The van der Waals surface area contributed by atoms with Crippen LogP contribution in [-0.4, -0.2) is 11.0 Å². The predicted octanol–water partition coefficient (Wildman–Crippen LogP) is 3.66. The van der Waals surface area contributed by atoms with Gasteiger partial charge >= 0.3 is 0 Å². The second-order valence-electron chi connectivity index (χ2n) is 3.78. The molecule has 0 fully saturated rings. The maximum Gasteiger partial charge on any atom is 0.237 e. The molecule has 2 aromatic rings. The molecule has 0 amide bonds. The summed E-state index contributed by atoms with van der Waals surface area (Å²) in [5, 5.41) is 5.31. The Kier molecular flexibility index (Phi) is 3.78. The van der Waals surface area contributed by atoms with Crippen LogP contribution in [0, 0.1) is 0 Å². The Morgan fingerprint density at radius 1 is 1.56 bits per heavy atom. The van der Waals surface area contributed by atoms with Gasteiger partial charge in [-0.2, -0.15) is 0 Å². The first-order valence-corrected chi connectivity index (χ1v) is 6.75. The molecule has 0 atom stereocenters. The van der Waals surface area contributed by atoms with Gasteiger partial charge in [-0.25, -0.2) is 4.98 Å². The van der Waals surface area contributed by atoms with Crippen LogP contribution in [0.15, 0.2) is 26.6 Å². The van der Waals surface area contributed by atoms with Crippen LogP contribution in [-0.2, 0) is 6.54 Å². The first-order chi connectivity index (χ1) is 7.66. The molecule has 1 N–H and O–H groups in total. The van der Waals surface area contributed by atoms with Crippen LogP contribution < -0.4 is 5.32 Å². The Morgan fingerprint density at radius 2 is 2.38 bits per heavy atom. The van der Waals surface area contributed by atoms with Crippen molar-refractivity contribution in [3.8, 4) is 10.8 Å². The van der Waals surface area contributed by atoms with Crippen molar-refractivity contribution >= 4 is 27.3 Å². The fourth-order valence-electron chi connectivity index (χ4n) is 1.25. The number of thiophene rings is 1. The minimum absolute atomic E-state index is 0.452. The van der Waals surface area contributed by atoms with Crippen LogP contribution in [0.2, 0.25) is 0 Å². The molecule has 5 heteroatoms. The topological polar surface area (TPSA) is 38.1 Å². The number of hydrogen-bond donors (Lipinski definition) is 1. The highest BCUT2D eigenvalue weighted by atomic mass is 79.9. The van der Waals surface area contributed by atoms with Crippen molar-refractivity contribution in [2.45, 2.75) is 26.4 Å². The summed E-state index contributed by atoms with van der Waals surface area (Å²) >= 11 is 5.09. The van der Waals surface area contributed by atoms with Crippen LogP contribution in [0.25, 0.3) is 10.8 Å². The Hall–Kier alpha value is -0.650. The number of rotatable bonds is 4. The van der Waals surface area contributed by atoms with Gasteiger partial charge in [-0.15, -0.1) is 11.3 Å². The number of halogens is 1. The molecule has 0 aliphatic carbocycles. The number of hydrogen-bond acceptors (Lipinski definition) is 4. The average molecular weight is 301 g/mol. The lowest BCUT2D eigenvalue weighted by Gasteiger charge is -2.03. The van der Waals surface area contributed by atoms with Gasteiger partial charge in [0.25, 0.3) is 0 Å². The highest BCUT2D eigenvalue weighted by Crippen LogP contribution is 2.32. The van der Waals surface area contributed by atoms with Gasteiger partial charge in [0.05, 0.1) is 5.69 Å². The van der Waals surface area contributed by atoms with E-state index in [1.165, 1.54) is 0 Å². The first-order valence-electron chi connectivity index (χ1n) is 5.08. The summed E-state index contributed by atoms with van der Waals surface area (Å²) in [6.45, 7) is 4.96. The highest BCUT2D eigenvalue weighted by Gasteiger charge is 2.11. The monoisotopic (exact) mass is 300 g/mol. The quantitative estimate of drug-likeness (QED) is 0.936. The van der Waals surface area contributed by atoms with Crippen LogP contribution >= 0.6 is 27.3 Å². The molecule has 0 saturated heterocycles. The van der Waals surface area contributed by atoms with E-state index in [2.05, 4.69) is 40.1 Å². The zero-order valence-electron chi connectivity index (χ0n) is 9.16. The van der Waals surface area contributed by atoms with Gasteiger partial charge < -0.3 is 9.73 Å². The van der Waals surface area contributed by atoms with Crippen molar-refractivity contribution in [3.63, 3.8) is 0 Å². The molecule has 86 valence electrons. The SMILES string of the molecule is CC(C)NCc1coc(-c2sccc2Br)n1. The fourth-order valence-corrected chi connectivity index (χ4v) is 2.72. The largest absolute Gasteiger partial charge is 0.443 e. The summed E-state index contributed by atoms with van der Waals surface area (Å²) in [7, 11) is 0. The summed E-state index contributed by atoms with van der Waals surface area (Å²) in [4.78, 5) is 5.47. The van der Waals surface area contributed by atoms with Gasteiger partial charge in [0.1, 0.15) is 11.1 Å². The Bertz CT molecular complexity index is 464. The molecule has 2 heterocycles. The molecular weight excluding hydrogens is 288 g/mol. The maximum absolute atomic E-state index is 5.45. The third-order valence-electron chi connectivity index (χ3n) is 2.05. The van der Waals surface area contributed by atoms with Crippen molar-refractivity contribution in [3.05, 3.63) is 27.9 Å². The zero-order valence-corrected chi connectivity index (χ0v) is 11.6. The summed E-state index contributed by atoms with van der Waals surface area (Å²) < 4.78 is 6.48. The molecule has 16 heavy (non-hydrogen) atoms. The molecule has 0 unspecified atom stereocenters. The minimum atomic E-state index is 0.452. The molecule has 0 bridgehead atoms. The smallest absolute Gasteiger partial charge is 0.237 e. The average Bonchev–Trinajstić information content (AvgIpc) is 2.83. The number of nitrogens with one attached hydrogen (secondary N) is 1. The van der Waals surface area contributed by atoms with Crippen LogP contribution in [0.4, 0.5) is 0 Å². The maximum atomic E-state index is 5.45. The molecule has 0 aromatic carbocycles. The molecule has 0 spiro atoms. The van der Waals surface area contributed by atoms with E-state index in [9.17, 15) is 0 Å². The van der Waals surface area contributed by atoms with Gasteiger partial charge in [0, 0.05) is 17.1 Å². The van der Waals surface area contributed by atoms with Gasteiger partial charge in [0.2, 0.25) is 5.89 Å².